The Balaban J connectivity index is 3.19. The second-order valence-corrected chi connectivity index (χ2v) is 3.70. The van der Waals surface area contributed by atoms with Crippen molar-refractivity contribution in [1.82, 2.24) is 10.4 Å². The average molecular weight is 280 g/mol. The van der Waals surface area contributed by atoms with Crippen LogP contribution in [0.3, 0.4) is 0 Å². The molecular weight excluding hydrogens is 269 g/mol. The van der Waals surface area contributed by atoms with E-state index in [1.54, 1.807) is 0 Å². The number of aromatic nitrogens is 1. The molecule has 1 heterocycles. The maximum Gasteiger partial charge on any atom is 0.237 e. The summed E-state index contributed by atoms with van der Waals surface area (Å²) in [6, 6.07) is 0. The number of hydrogen-bond acceptors (Lipinski definition) is 5. The van der Waals surface area contributed by atoms with Gasteiger partial charge in [0.05, 0.1) is 14.2 Å². The molecule has 1 amide bonds. The van der Waals surface area contributed by atoms with E-state index in [1.165, 1.54) is 21.1 Å². The largest absolute Gasteiger partial charge is 0.480 e. The predicted molar refractivity (Wildman–Crippen MR) is 64.8 cm³/mol. The molecule has 0 aliphatic rings. The van der Waals surface area contributed by atoms with Gasteiger partial charge in [-0.25, -0.2) is 0 Å². The smallest absolute Gasteiger partial charge is 0.237 e. The van der Waals surface area contributed by atoms with E-state index in [2.05, 4.69) is 15.8 Å². The molecule has 0 radical (unpaired) electrons. The number of carbonyl (C=O) groups excluding carboxylic acids is 1. The molecule has 0 saturated carbocycles. The average Bonchev–Trinajstić information content (AvgIpc) is 2.29. The third-order valence-electron chi connectivity index (χ3n) is 1.77. The van der Waals surface area contributed by atoms with Crippen molar-refractivity contribution in [2.24, 2.45) is 0 Å². The highest BCUT2D eigenvalue weighted by atomic mass is 35.5. The third-order valence-corrected chi connectivity index (χ3v) is 2.47. The van der Waals surface area contributed by atoms with Crippen LogP contribution in [0.25, 0.3) is 0 Å². The highest BCUT2D eigenvalue weighted by Gasteiger charge is 2.18. The fourth-order valence-electron chi connectivity index (χ4n) is 1.03. The maximum absolute atomic E-state index is 10.8. The number of methoxy groups -OCH3 is 2. The highest BCUT2D eigenvalue weighted by molar-refractivity contribution is 6.40. The molecule has 8 heteroatoms. The van der Waals surface area contributed by atoms with E-state index in [1.807, 2.05) is 0 Å². The summed E-state index contributed by atoms with van der Waals surface area (Å²) in [5.74, 6) is -0.0200. The van der Waals surface area contributed by atoms with Crippen molar-refractivity contribution < 1.29 is 14.3 Å². The van der Waals surface area contributed by atoms with Gasteiger partial charge in [0, 0.05) is 6.92 Å². The second-order valence-electron chi connectivity index (χ2n) is 2.94. The van der Waals surface area contributed by atoms with E-state index in [4.69, 9.17) is 32.7 Å². The van der Waals surface area contributed by atoms with E-state index in [9.17, 15) is 4.79 Å². The molecular formula is C9H11Cl2N3O3. The predicted octanol–water partition coefficient (Wildman–Crippen LogP) is 1.87. The van der Waals surface area contributed by atoms with Crippen LogP contribution < -0.4 is 20.3 Å². The van der Waals surface area contributed by atoms with Crippen LogP contribution in [-0.2, 0) is 4.79 Å². The first-order valence-corrected chi connectivity index (χ1v) is 5.26. The normalized spacial score (nSPS) is 9.71. The minimum absolute atomic E-state index is 0.140. The van der Waals surface area contributed by atoms with Gasteiger partial charge in [-0.2, -0.15) is 4.98 Å². The quantitative estimate of drug-likeness (QED) is 0.824. The number of pyridine rings is 1. The number of ether oxygens (including phenoxy) is 2. The zero-order chi connectivity index (χ0) is 13.0. The Morgan fingerprint density at radius 1 is 1.18 bits per heavy atom. The first kappa shape index (κ1) is 13.7. The molecule has 0 atom stereocenters. The standard InChI is InChI=1S/C9H11Cl2N3O3/c1-4(15)13-14-7-5(10)8(16-2)12-9(17-3)6(7)11/h1-3H3,(H,12,14)(H,13,15). The second kappa shape index (κ2) is 5.79. The molecule has 0 aromatic carbocycles. The summed E-state index contributed by atoms with van der Waals surface area (Å²) in [5.41, 5.74) is 5.17. The van der Waals surface area contributed by atoms with Gasteiger partial charge in [-0.15, -0.1) is 0 Å². The minimum Gasteiger partial charge on any atom is -0.480 e. The van der Waals surface area contributed by atoms with Gasteiger partial charge in [0.15, 0.2) is 0 Å². The van der Waals surface area contributed by atoms with Crippen molar-refractivity contribution in [3.8, 4) is 11.8 Å². The lowest BCUT2D eigenvalue weighted by Gasteiger charge is -2.14. The number of hydrazine groups is 1. The van der Waals surface area contributed by atoms with Crippen LogP contribution in [0, 0.1) is 0 Å². The number of anilines is 1. The maximum atomic E-state index is 10.8. The Morgan fingerprint density at radius 3 is 2.00 bits per heavy atom. The Bertz CT molecular complexity index is 412. The topological polar surface area (TPSA) is 72.5 Å². The summed E-state index contributed by atoms with van der Waals surface area (Å²) < 4.78 is 9.91. The Hall–Kier alpha value is -1.40. The van der Waals surface area contributed by atoms with E-state index < -0.39 is 0 Å². The summed E-state index contributed by atoms with van der Waals surface area (Å²) in [6.45, 7) is 1.34. The zero-order valence-corrected chi connectivity index (χ0v) is 10.9. The monoisotopic (exact) mass is 279 g/mol. The van der Waals surface area contributed by atoms with E-state index in [0.29, 0.717) is 0 Å². The number of nitrogens with zero attached hydrogens (tertiary/aromatic N) is 1. The molecule has 0 bridgehead atoms. The summed E-state index contributed by atoms with van der Waals surface area (Å²) in [6.07, 6.45) is 0. The lowest BCUT2D eigenvalue weighted by molar-refractivity contribution is -0.118. The molecule has 0 aliphatic carbocycles. The van der Waals surface area contributed by atoms with Gasteiger partial charge in [0.2, 0.25) is 17.7 Å². The molecule has 1 aromatic heterocycles. The van der Waals surface area contributed by atoms with Crippen LogP contribution in [0.15, 0.2) is 0 Å². The SMILES string of the molecule is COc1nc(OC)c(Cl)c(NNC(C)=O)c1Cl. The van der Waals surface area contributed by atoms with Crippen LogP contribution >= 0.6 is 23.2 Å². The molecule has 0 aliphatic heterocycles. The van der Waals surface area contributed by atoms with Gasteiger partial charge < -0.3 is 9.47 Å². The van der Waals surface area contributed by atoms with Gasteiger partial charge in [0.25, 0.3) is 0 Å². The Labute approximate surface area is 108 Å². The van der Waals surface area contributed by atoms with E-state index in [0.717, 1.165) is 0 Å². The fourth-order valence-corrected chi connectivity index (χ4v) is 1.60. The van der Waals surface area contributed by atoms with Gasteiger partial charge in [0.1, 0.15) is 15.7 Å². The zero-order valence-electron chi connectivity index (χ0n) is 9.43. The molecule has 0 fully saturated rings. The van der Waals surface area contributed by atoms with Crippen molar-refractivity contribution in [1.29, 1.82) is 0 Å². The van der Waals surface area contributed by atoms with Gasteiger partial charge in [-0.3, -0.25) is 15.6 Å². The van der Waals surface area contributed by atoms with Gasteiger partial charge in [-0.1, -0.05) is 23.2 Å². The van der Waals surface area contributed by atoms with Crippen molar-refractivity contribution in [3.63, 3.8) is 0 Å². The highest BCUT2D eigenvalue weighted by Crippen LogP contribution is 2.40. The van der Waals surface area contributed by atoms with Crippen molar-refractivity contribution in [2.45, 2.75) is 6.92 Å². The molecule has 2 N–H and O–H groups in total. The molecule has 0 spiro atoms. The summed E-state index contributed by atoms with van der Waals surface area (Å²) in [7, 11) is 2.81. The molecule has 1 aromatic rings. The first-order valence-electron chi connectivity index (χ1n) is 4.50. The molecule has 0 saturated heterocycles. The minimum atomic E-state index is -0.299. The summed E-state index contributed by atoms with van der Waals surface area (Å²) >= 11 is 12.0. The number of amides is 1. The van der Waals surface area contributed by atoms with Gasteiger partial charge in [-0.05, 0) is 0 Å². The van der Waals surface area contributed by atoms with Crippen molar-refractivity contribution >= 4 is 34.8 Å². The number of carbonyl (C=O) groups is 1. The third kappa shape index (κ3) is 3.04. The summed E-state index contributed by atoms with van der Waals surface area (Å²) in [5, 5.41) is 0.291. The van der Waals surface area contributed by atoms with Crippen molar-refractivity contribution in [3.05, 3.63) is 10.0 Å². The number of rotatable bonds is 4. The van der Waals surface area contributed by atoms with Crippen LogP contribution in [0.4, 0.5) is 5.69 Å². The van der Waals surface area contributed by atoms with Gasteiger partial charge >= 0.3 is 0 Å². The van der Waals surface area contributed by atoms with E-state index in [-0.39, 0.29) is 33.4 Å². The Kier molecular flexibility index (Phi) is 4.65. The molecule has 94 valence electrons. The number of hydrogen-bond donors (Lipinski definition) is 2. The lowest BCUT2D eigenvalue weighted by atomic mass is 10.4. The number of halogens is 2. The van der Waals surface area contributed by atoms with E-state index >= 15 is 0 Å². The summed E-state index contributed by atoms with van der Waals surface area (Å²) in [4.78, 5) is 14.7. The van der Waals surface area contributed by atoms with Crippen LogP contribution in [0.1, 0.15) is 6.92 Å². The fraction of sp³-hybridized carbons (Fsp3) is 0.333. The molecule has 0 unspecified atom stereocenters. The Morgan fingerprint density at radius 2 is 1.65 bits per heavy atom. The van der Waals surface area contributed by atoms with Crippen LogP contribution in [0.2, 0.25) is 10.0 Å². The van der Waals surface area contributed by atoms with Crippen LogP contribution in [-0.4, -0.2) is 25.1 Å². The lowest BCUT2D eigenvalue weighted by Crippen LogP contribution is -2.27. The van der Waals surface area contributed by atoms with Crippen LogP contribution in [0.5, 0.6) is 11.8 Å². The molecule has 6 nitrogen and oxygen atoms in total. The molecule has 17 heavy (non-hydrogen) atoms. The first-order chi connectivity index (χ1) is 8.01. The molecule has 1 rings (SSSR count). The van der Waals surface area contributed by atoms with Crippen molar-refractivity contribution in [2.75, 3.05) is 19.6 Å². The number of nitrogens with one attached hydrogen (secondary N) is 2.